The van der Waals surface area contributed by atoms with Crippen molar-refractivity contribution >= 4 is 11.6 Å². The molecule has 0 amide bonds. The largest absolute Gasteiger partial charge is 0.493 e. The van der Waals surface area contributed by atoms with Gasteiger partial charge in [0.05, 0.1) is 6.61 Å². The van der Waals surface area contributed by atoms with E-state index in [4.69, 9.17) is 16.3 Å². The average molecular weight is 303 g/mol. The fourth-order valence-corrected chi connectivity index (χ4v) is 2.09. The molecule has 0 fully saturated rings. The summed E-state index contributed by atoms with van der Waals surface area (Å²) in [7, 11) is 1.99. The van der Waals surface area contributed by atoms with E-state index in [1.807, 2.05) is 42.9 Å². The lowest BCUT2D eigenvalue weighted by molar-refractivity contribution is 0.315. The lowest BCUT2D eigenvalue weighted by Crippen LogP contribution is -2.06. The fourth-order valence-electron chi connectivity index (χ4n) is 1.99. The number of imidazole rings is 1. The van der Waals surface area contributed by atoms with Gasteiger partial charge in [0.1, 0.15) is 11.6 Å². The summed E-state index contributed by atoms with van der Waals surface area (Å²) in [6.45, 7) is 2.64. The van der Waals surface area contributed by atoms with E-state index in [0.717, 1.165) is 29.1 Å². The summed E-state index contributed by atoms with van der Waals surface area (Å²) in [4.78, 5) is 4.28. The van der Waals surface area contributed by atoms with Gasteiger partial charge < -0.3 is 9.30 Å². The van der Waals surface area contributed by atoms with Gasteiger partial charge in [-0.05, 0) is 30.7 Å². The summed E-state index contributed by atoms with van der Waals surface area (Å²) < 4.78 is 7.83. The molecule has 21 heavy (non-hydrogen) atoms. The molecule has 0 aliphatic rings. The summed E-state index contributed by atoms with van der Waals surface area (Å²) in [5, 5.41) is 0. The highest BCUT2D eigenvalue weighted by Gasteiger charge is 2.03. The number of aromatic nitrogens is 2. The van der Waals surface area contributed by atoms with Crippen LogP contribution in [0.4, 0.5) is 0 Å². The van der Waals surface area contributed by atoms with Crippen LogP contribution in [0.3, 0.4) is 0 Å². The molecule has 0 aliphatic carbocycles. The van der Waals surface area contributed by atoms with Crippen LogP contribution in [0.1, 0.15) is 23.4 Å². The number of aryl methyl sites for hydroxylation is 2. The van der Waals surface area contributed by atoms with Crippen LogP contribution in [0.15, 0.2) is 30.6 Å². The number of hydrogen-bond acceptors (Lipinski definition) is 2. The van der Waals surface area contributed by atoms with Crippen molar-refractivity contribution in [1.82, 2.24) is 9.55 Å². The van der Waals surface area contributed by atoms with Gasteiger partial charge in [0.2, 0.25) is 0 Å². The van der Waals surface area contributed by atoms with Crippen LogP contribution in [0, 0.1) is 18.8 Å². The SMILES string of the molecule is Cc1cc(C#CCCCl)ccc1OCCc1nccn1C. The Hall–Kier alpha value is -1.92. The Morgan fingerprint density at radius 1 is 1.38 bits per heavy atom. The minimum atomic E-state index is 0.570. The van der Waals surface area contributed by atoms with Crippen LogP contribution in [0.25, 0.3) is 0 Å². The molecule has 0 radical (unpaired) electrons. The first-order valence-electron chi connectivity index (χ1n) is 6.95. The molecule has 2 aromatic rings. The monoisotopic (exact) mass is 302 g/mol. The first-order chi connectivity index (χ1) is 10.2. The maximum atomic E-state index is 5.82. The van der Waals surface area contributed by atoms with Gasteiger partial charge in [-0.3, -0.25) is 0 Å². The topological polar surface area (TPSA) is 27.1 Å². The summed E-state index contributed by atoms with van der Waals surface area (Å²) in [5.41, 5.74) is 2.08. The van der Waals surface area contributed by atoms with Crippen LogP contribution >= 0.6 is 11.6 Å². The first-order valence-corrected chi connectivity index (χ1v) is 7.48. The molecule has 0 aliphatic heterocycles. The van der Waals surface area contributed by atoms with Gasteiger partial charge in [0.25, 0.3) is 0 Å². The average Bonchev–Trinajstić information content (AvgIpc) is 2.87. The van der Waals surface area contributed by atoms with E-state index in [9.17, 15) is 0 Å². The minimum absolute atomic E-state index is 0.570. The summed E-state index contributed by atoms with van der Waals surface area (Å²) in [5.74, 6) is 8.62. The second kappa shape index (κ2) is 7.75. The normalized spacial score (nSPS) is 10.0. The smallest absolute Gasteiger partial charge is 0.122 e. The molecule has 1 aromatic carbocycles. The third kappa shape index (κ3) is 4.54. The highest BCUT2D eigenvalue weighted by Crippen LogP contribution is 2.19. The zero-order valence-electron chi connectivity index (χ0n) is 12.4. The molecule has 0 N–H and O–H groups in total. The number of benzene rings is 1. The fraction of sp³-hybridized carbons (Fsp3) is 0.353. The van der Waals surface area contributed by atoms with Gasteiger partial charge in [-0.2, -0.15) is 0 Å². The second-order valence-corrected chi connectivity index (χ2v) is 5.15. The van der Waals surface area contributed by atoms with E-state index < -0.39 is 0 Å². The van der Waals surface area contributed by atoms with Crippen LogP contribution < -0.4 is 4.74 Å². The molecule has 1 heterocycles. The minimum Gasteiger partial charge on any atom is -0.493 e. The van der Waals surface area contributed by atoms with E-state index in [-0.39, 0.29) is 0 Å². The van der Waals surface area contributed by atoms with Crippen molar-refractivity contribution in [2.75, 3.05) is 12.5 Å². The number of alkyl halides is 1. The highest BCUT2D eigenvalue weighted by molar-refractivity contribution is 6.18. The van der Waals surface area contributed by atoms with E-state index in [2.05, 4.69) is 16.8 Å². The Morgan fingerprint density at radius 3 is 2.90 bits per heavy atom. The van der Waals surface area contributed by atoms with Crippen LogP contribution in [0.5, 0.6) is 5.75 Å². The summed E-state index contributed by atoms with van der Waals surface area (Å²) in [6, 6.07) is 5.99. The van der Waals surface area contributed by atoms with Gasteiger partial charge >= 0.3 is 0 Å². The van der Waals surface area contributed by atoms with Crippen molar-refractivity contribution < 1.29 is 4.74 Å². The van der Waals surface area contributed by atoms with Crippen LogP contribution in [-0.2, 0) is 13.5 Å². The van der Waals surface area contributed by atoms with Crippen molar-refractivity contribution in [1.29, 1.82) is 0 Å². The molecule has 0 bridgehead atoms. The number of ether oxygens (including phenoxy) is 1. The molecule has 1 aromatic heterocycles. The lowest BCUT2D eigenvalue weighted by atomic mass is 10.1. The number of halogens is 1. The third-order valence-corrected chi connectivity index (χ3v) is 3.32. The molecule has 0 saturated heterocycles. The maximum absolute atomic E-state index is 5.82. The van der Waals surface area contributed by atoms with E-state index in [0.29, 0.717) is 18.9 Å². The van der Waals surface area contributed by atoms with E-state index in [1.54, 1.807) is 6.20 Å². The molecule has 0 spiro atoms. The van der Waals surface area contributed by atoms with Gasteiger partial charge in [-0.1, -0.05) is 11.8 Å². The van der Waals surface area contributed by atoms with Gasteiger partial charge in [0, 0.05) is 43.7 Å². The highest BCUT2D eigenvalue weighted by atomic mass is 35.5. The Bertz CT molecular complexity index is 652. The Morgan fingerprint density at radius 2 is 2.24 bits per heavy atom. The molecule has 4 heteroatoms. The number of rotatable bonds is 5. The molecule has 0 unspecified atom stereocenters. The van der Waals surface area contributed by atoms with Crippen molar-refractivity contribution in [3.8, 4) is 17.6 Å². The van der Waals surface area contributed by atoms with Gasteiger partial charge in [0.15, 0.2) is 0 Å². The van der Waals surface area contributed by atoms with Crippen molar-refractivity contribution in [2.24, 2.45) is 7.05 Å². The zero-order valence-corrected chi connectivity index (χ0v) is 13.2. The summed E-state index contributed by atoms with van der Waals surface area (Å²) >= 11 is 5.61. The van der Waals surface area contributed by atoms with Crippen molar-refractivity contribution in [2.45, 2.75) is 19.8 Å². The summed E-state index contributed by atoms with van der Waals surface area (Å²) in [6.07, 6.45) is 5.24. The van der Waals surface area contributed by atoms with Crippen molar-refractivity contribution in [3.05, 3.63) is 47.5 Å². The molecule has 2 rings (SSSR count). The quantitative estimate of drug-likeness (QED) is 0.626. The predicted octanol–water partition coefficient (Wildman–Crippen LogP) is 3.33. The Labute approximate surface area is 130 Å². The first kappa shape index (κ1) is 15.5. The second-order valence-electron chi connectivity index (χ2n) is 4.77. The van der Waals surface area contributed by atoms with Crippen LogP contribution in [-0.4, -0.2) is 22.0 Å². The standard InChI is InChI=1S/C17H19ClN2O/c1-14-13-15(5-3-4-9-18)6-7-16(14)21-12-8-17-19-10-11-20(17)2/h6-7,10-11,13H,4,8-9,12H2,1-2H3. The molecule has 3 nitrogen and oxygen atoms in total. The Balaban J connectivity index is 1.92. The molecule has 110 valence electrons. The number of nitrogens with zero attached hydrogens (tertiary/aromatic N) is 2. The Kier molecular flexibility index (Phi) is 5.71. The number of hydrogen-bond donors (Lipinski definition) is 0. The lowest BCUT2D eigenvalue weighted by Gasteiger charge is -2.09. The van der Waals surface area contributed by atoms with Gasteiger partial charge in [-0.25, -0.2) is 4.98 Å². The molecule has 0 atom stereocenters. The third-order valence-electron chi connectivity index (χ3n) is 3.13. The molecular formula is C17H19ClN2O. The predicted molar refractivity (Wildman–Crippen MR) is 85.8 cm³/mol. The molecular weight excluding hydrogens is 284 g/mol. The zero-order chi connectivity index (χ0) is 15.1. The van der Waals surface area contributed by atoms with Crippen molar-refractivity contribution in [3.63, 3.8) is 0 Å². The van der Waals surface area contributed by atoms with E-state index in [1.165, 1.54) is 0 Å². The molecule has 0 saturated carbocycles. The maximum Gasteiger partial charge on any atom is 0.122 e. The van der Waals surface area contributed by atoms with Gasteiger partial charge in [-0.15, -0.1) is 11.6 Å². The van der Waals surface area contributed by atoms with E-state index >= 15 is 0 Å². The van der Waals surface area contributed by atoms with Crippen LogP contribution in [0.2, 0.25) is 0 Å².